The normalized spacial score (nSPS) is 10.8. The summed E-state index contributed by atoms with van der Waals surface area (Å²) in [6, 6.07) is 14.4. The smallest absolute Gasteiger partial charge is 0.277 e. The van der Waals surface area contributed by atoms with Crippen LogP contribution in [0.25, 0.3) is 11.3 Å². The molecular weight excluding hydrogens is 366 g/mol. The molecule has 1 N–H and O–H groups in total. The van der Waals surface area contributed by atoms with E-state index in [9.17, 15) is 13.6 Å². The molecule has 0 spiro atoms. The third-order valence-corrected chi connectivity index (χ3v) is 4.03. The molecule has 8 heteroatoms. The molecule has 2 aromatic carbocycles. The van der Waals surface area contributed by atoms with Crippen LogP contribution in [0.15, 0.2) is 71.5 Å². The molecule has 0 bridgehead atoms. The SMILES string of the molecule is O=C(Nc1cnn(Cc2ccccc2)c1)c1cc(-c2c(F)cccc2F)on1. The van der Waals surface area contributed by atoms with Crippen molar-refractivity contribution >= 4 is 11.6 Å². The van der Waals surface area contributed by atoms with Crippen LogP contribution in [0.3, 0.4) is 0 Å². The first-order valence-electron chi connectivity index (χ1n) is 8.39. The van der Waals surface area contributed by atoms with Crippen LogP contribution < -0.4 is 5.32 Å². The zero-order valence-electron chi connectivity index (χ0n) is 14.5. The van der Waals surface area contributed by atoms with E-state index in [0.717, 1.165) is 17.7 Å². The third-order valence-electron chi connectivity index (χ3n) is 4.03. The highest BCUT2D eigenvalue weighted by atomic mass is 19.1. The molecule has 2 aromatic heterocycles. The zero-order chi connectivity index (χ0) is 19.5. The molecule has 4 rings (SSSR count). The minimum Gasteiger partial charge on any atom is -0.355 e. The number of hydrogen-bond donors (Lipinski definition) is 1. The van der Waals surface area contributed by atoms with Crippen molar-refractivity contribution in [3.8, 4) is 11.3 Å². The highest BCUT2D eigenvalue weighted by Crippen LogP contribution is 2.26. The van der Waals surface area contributed by atoms with Crippen molar-refractivity contribution in [3.05, 3.63) is 89.9 Å². The number of nitrogens with zero attached hydrogens (tertiary/aromatic N) is 3. The molecular formula is C20H14F2N4O2. The number of aromatic nitrogens is 3. The van der Waals surface area contributed by atoms with Gasteiger partial charge >= 0.3 is 0 Å². The Morgan fingerprint density at radius 1 is 1.07 bits per heavy atom. The van der Waals surface area contributed by atoms with E-state index in [1.807, 2.05) is 30.3 Å². The van der Waals surface area contributed by atoms with Crippen molar-refractivity contribution in [2.24, 2.45) is 0 Å². The Bertz CT molecular complexity index is 1100. The van der Waals surface area contributed by atoms with Crippen LogP contribution in [0, 0.1) is 11.6 Å². The van der Waals surface area contributed by atoms with E-state index < -0.39 is 17.5 Å². The molecule has 1 amide bonds. The number of carbonyl (C=O) groups is 1. The molecule has 0 aliphatic rings. The summed E-state index contributed by atoms with van der Waals surface area (Å²) in [4.78, 5) is 12.3. The van der Waals surface area contributed by atoms with Crippen molar-refractivity contribution in [1.29, 1.82) is 0 Å². The van der Waals surface area contributed by atoms with Crippen LogP contribution in [0.4, 0.5) is 14.5 Å². The highest BCUT2D eigenvalue weighted by Gasteiger charge is 2.19. The summed E-state index contributed by atoms with van der Waals surface area (Å²) in [5, 5.41) is 10.4. The summed E-state index contributed by atoms with van der Waals surface area (Å²) in [6.45, 7) is 0.553. The van der Waals surface area contributed by atoms with Gasteiger partial charge in [-0.05, 0) is 17.7 Å². The van der Waals surface area contributed by atoms with E-state index in [-0.39, 0.29) is 17.0 Å². The highest BCUT2D eigenvalue weighted by molar-refractivity contribution is 6.03. The van der Waals surface area contributed by atoms with Crippen molar-refractivity contribution in [1.82, 2.24) is 14.9 Å². The standard InChI is InChI=1S/C20H14F2N4O2/c21-15-7-4-8-16(22)19(15)18-9-17(25-28-18)20(27)24-14-10-23-26(12-14)11-13-5-2-1-3-6-13/h1-10,12H,11H2,(H,24,27). The average Bonchev–Trinajstić information content (AvgIpc) is 3.32. The van der Waals surface area contributed by atoms with Gasteiger partial charge in [0.05, 0.1) is 24.0 Å². The minimum atomic E-state index is -0.801. The number of nitrogens with one attached hydrogen (secondary N) is 1. The van der Waals surface area contributed by atoms with Gasteiger partial charge < -0.3 is 9.84 Å². The number of rotatable bonds is 5. The Labute approximate surface area is 158 Å². The fraction of sp³-hybridized carbons (Fsp3) is 0.0500. The Morgan fingerprint density at radius 3 is 2.57 bits per heavy atom. The summed E-state index contributed by atoms with van der Waals surface area (Å²) < 4.78 is 34.3. The molecule has 28 heavy (non-hydrogen) atoms. The number of amides is 1. The lowest BCUT2D eigenvalue weighted by Crippen LogP contribution is -2.11. The Morgan fingerprint density at radius 2 is 1.82 bits per heavy atom. The first-order chi connectivity index (χ1) is 13.6. The molecule has 140 valence electrons. The molecule has 0 atom stereocenters. The first-order valence-corrected chi connectivity index (χ1v) is 8.39. The van der Waals surface area contributed by atoms with Gasteiger partial charge in [-0.3, -0.25) is 9.48 Å². The number of benzene rings is 2. The topological polar surface area (TPSA) is 73.0 Å². The van der Waals surface area contributed by atoms with Gasteiger partial charge in [0, 0.05) is 12.3 Å². The molecule has 0 fully saturated rings. The predicted octanol–water partition coefficient (Wildman–Crippen LogP) is 4.12. The Kier molecular flexibility index (Phi) is 4.67. The van der Waals surface area contributed by atoms with Crippen molar-refractivity contribution < 1.29 is 18.1 Å². The summed E-state index contributed by atoms with van der Waals surface area (Å²) in [5.41, 5.74) is 1.05. The van der Waals surface area contributed by atoms with Crippen LogP contribution in [0.1, 0.15) is 16.1 Å². The van der Waals surface area contributed by atoms with Gasteiger partial charge in [0.15, 0.2) is 11.5 Å². The van der Waals surface area contributed by atoms with Gasteiger partial charge in [-0.15, -0.1) is 0 Å². The van der Waals surface area contributed by atoms with Crippen LogP contribution in [-0.4, -0.2) is 20.8 Å². The lowest BCUT2D eigenvalue weighted by Gasteiger charge is -2.01. The predicted molar refractivity (Wildman–Crippen MR) is 97.6 cm³/mol. The van der Waals surface area contributed by atoms with Crippen LogP contribution >= 0.6 is 0 Å². The number of halogens is 2. The molecule has 0 saturated carbocycles. The first kappa shape index (κ1) is 17.6. The third kappa shape index (κ3) is 3.66. The van der Waals surface area contributed by atoms with Crippen molar-refractivity contribution in [2.75, 3.05) is 5.32 Å². The van der Waals surface area contributed by atoms with Crippen molar-refractivity contribution in [2.45, 2.75) is 6.54 Å². The van der Waals surface area contributed by atoms with E-state index in [1.54, 1.807) is 10.9 Å². The minimum absolute atomic E-state index is 0.103. The second kappa shape index (κ2) is 7.43. The zero-order valence-corrected chi connectivity index (χ0v) is 14.5. The second-order valence-electron chi connectivity index (χ2n) is 6.04. The molecule has 2 heterocycles. The maximum atomic E-state index is 13.8. The van der Waals surface area contributed by atoms with Gasteiger partial charge in [-0.2, -0.15) is 5.10 Å². The summed E-state index contributed by atoms with van der Waals surface area (Å²) in [6.07, 6.45) is 3.17. The fourth-order valence-corrected chi connectivity index (χ4v) is 2.71. The molecule has 4 aromatic rings. The maximum absolute atomic E-state index is 13.8. The Hall–Kier alpha value is -3.81. The lowest BCUT2D eigenvalue weighted by atomic mass is 10.1. The van der Waals surface area contributed by atoms with Gasteiger partial charge in [0.2, 0.25) is 0 Å². The van der Waals surface area contributed by atoms with E-state index in [2.05, 4.69) is 15.6 Å². The van der Waals surface area contributed by atoms with Crippen LogP contribution in [0.2, 0.25) is 0 Å². The molecule has 6 nitrogen and oxygen atoms in total. The van der Waals surface area contributed by atoms with E-state index in [4.69, 9.17) is 4.52 Å². The summed E-state index contributed by atoms with van der Waals surface area (Å²) >= 11 is 0. The monoisotopic (exact) mass is 380 g/mol. The number of carbonyl (C=O) groups excluding carboxylic acids is 1. The van der Waals surface area contributed by atoms with Crippen LogP contribution in [-0.2, 0) is 6.54 Å². The average molecular weight is 380 g/mol. The van der Waals surface area contributed by atoms with Gasteiger partial charge in [0.1, 0.15) is 11.6 Å². The molecule has 0 radical (unpaired) electrons. The van der Waals surface area contributed by atoms with E-state index in [0.29, 0.717) is 12.2 Å². The van der Waals surface area contributed by atoms with E-state index in [1.165, 1.54) is 18.3 Å². The maximum Gasteiger partial charge on any atom is 0.277 e. The van der Waals surface area contributed by atoms with Gasteiger partial charge in [-0.1, -0.05) is 41.6 Å². The van der Waals surface area contributed by atoms with Gasteiger partial charge in [0.25, 0.3) is 5.91 Å². The molecule has 0 aliphatic carbocycles. The summed E-state index contributed by atoms with van der Waals surface area (Å²) in [5.74, 6) is -2.35. The van der Waals surface area contributed by atoms with Crippen molar-refractivity contribution in [3.63, 3.8) is 0 Å². The second-order valence-corrected chi connectivity index (χ2v) is 6.04. The number of hydrogen-bond acceptors (Lipinski definition) is 4. The fourth-order valence-electron chi connectivity index (χ4n) is 2.71. The molecule has 0 aliphatic heterocycles. The molecule has 0 unspecified atom stereocenters. The lowest BCUT2D eigenvalue weighted by molar-refractivity contribution is 0.101. The quantitative estimate of drug-likeness (QED) is 0.565. The van der Waals surface area contributed by atoms with Gasteiger partial charge in [-0.25, -0.2) is 8.78 Å². The van der Waals surface area contributed by atoms with E-state index >= 15 is 0 Å². The van der Waals surface area contributed by atoms with Crippen LogP contribution in [0.5, 0.6) is 0 Å². The number of anilines is 1. The Balaban J connectivity index is 1.47. The largest absolute Gasteiger partial charge is 0.355 e. The molecule has 0 saturated heterocycles. The summed E-state index contributed by atoms with van der Waals surface area (Å²) in [7, 11) is 0.